The molecule has 2 N–H and O–H groups in total. The number of carbonyl (C=O) groups is 2. The number of rotatable bonds is 4. The smallest absolute Gasteiger partial charge is 0.337 e. The Morgan fingerprint density at radius 1 is 1.14 bits per heavy atom. The molecular formula is C17H17NO4. The fourth-order valence-corrected chi connectivity index (χ4v) is 2.25. The van der Waals surface area contributed by atoms with Crippen LogP contribution in [-0.2, 0) is 0 Å². The third kappa shape index (κ3) is 3.25. The molecule has 0 radical (unpaired) electrons. The van der Waals surface area contributed by atoms with Crippen molar-refractivity contribution in [3.8, 4) is 5.75 Å². The summed E-state index contributed by atoms with van der Waals surface area (Å²) < 4.78 is 5.08. The molecule has 0 fully saturated rings. The monoisotopic (exact) mass is 299 g/mol. The van der Waals surface area contributed by atoms with E-state index >= 15 is 0 Å². The van der Waals surface area contributed by atoms with E-state index < -0.39 is 5.97 Å². The van der Waals surface area contributed by atoms with Crippen LogP contribution in [0.4, 0.5) is 5.69 Å². The van der Waals surface area contributed by atoms with Gasteiger partial charge in [-0.2, -0.15) is 0 Å². The highest BCUT2D eigenvalue weighted by atomic mass is 16.5. The Bertz CT molecular complexity index is 737. The molecule has 5 nitrogen and oxygen atoms in total. The maximum absolute atomic E-state index is 12.3. The molecule has 1 amide bonds. The first kappa shape index (κ1) is 15.6. The normalized spacial score (nSPS) is 10.1. The zero-order chi connectivity index (χ0) is 16.3. The fraction of sp³-hybridized carbons (Fsp3) is 0.176. The standard InChI is InChI=1S/C17H17NO4/c1-10-7-11(2)15(14(8-10)17(20)21)18-16(19)12-5-4-6-13(9-12)22-3/h4-9H,1-3H3,(H,18,19)(H,20,21). The zero-order valence-corrected chi connectivity index (χ0v) is 12.6. The number of amides is 1. The van der Waals surface area contributed by atoms with E-state index in [9.17, 15) is 14.7 Å². The Labute approximate surface area is 128 Å². The van der Waals surface area contributed by atoms with Crippen LogP contribution in [0.1, 0.15) is 31.8 Å². The van der Waals surface area contributed by atoms with Crippen LogP contribution in [0, 0.1) is 13.8 Å². The highest BCUT2D eigenvalue weighted by Gasteiger charge is 2.16. The van der Waals surface area contributed by atoms with E-state index in [4.69, 9.17) is 4.74 Å². The minimum absolute atomic E-state index is 0.0775. The number of methoxy groups -OCH3 is 1. The van der Waals surface area contributed by atoms with Gasteiger partial charge in [0.2, 0.25) is 0 Å². The van der Waals surface area contributed by atoms with Crippen LogP contribution in [0.3, 0.4) is 0 Å². The first-order valence-corrected chi connectivity index (χ1v) is 6.72. The summed E-state index contributed by atoms with van der Waals surface area (Å²) >= 11 is 0. The van der Waals surface area contributed by atoms with Crippen molar-refractivity contribution in [3.63, 3.8) is 0 Å². The topological polar surface area (TPSA) is 75.6 Å². The van der Waals surface area contributed by atoms with Crippen LogP contribution >= 0.6 is 0 Å². The number of hydrogen-bond donors (Lipinski definition) is 2. The molecule has 0 bridgehead atoms. The van der Waals surface area contributed by atoms with Crippen molar-refractivity contribution in [1.82, 2.24) is 0 Å². The Morgan fingerprint density at radius 2 is 1.86 bits per heavy atom. The van der Waals surface area contributed by atoms with Crippen LogP contribution in [-0.4, -0.2) is 24.1 Å². The van der Waals surface area contributed by atoms with E-state index in [2.05, 4.69) is 5.32 Å². The number of aryl methyl sites for hydroxylation is 2. The van der Waals surface area contributed by atoms with Crippen molar-refractivity contribution >= 4 is 17.6 Å². The molecule has 114 valence electrons. The molecule has 0 aliphatic carbocycles. The van der Waals surface area contributed by atoms with Crippen molar-refractivity contribution in [1.29, 1.82) is 0 Å². The van der Waals surface area contributed by atoms with E-state index in [1.54, 1.807) is 31.2 Å². The van der Waals surface area contributed by atoms with Crippen LogP contribution in [0.2, 0.25) is 0 Å². The molecule has 2 aromatic carbocycles. The maximum atomic E-state index is 12.3. The Kier molecular flexibility index (Phi) is 4.46. The molecule has 0 unspecified atom stereocenters. The molecule has 0 atom stereocenters. The van der Waals surface area contributed by atoms with Crippen LogP contribution in [0.5, 0.6) is 5.75 Å². The van der Waals surface area contributed by atoms with Gasteiger partial charge in [-0.3, -0.25) is 4.79 Å². The van der Waals surface area contributed by atoms with E-state index in [0.717, 1.165) is 5.56 Å². The van der Waals surface area contributed by atoms with Crippen molar-refractivity contribution < 1.29 is 19.4 Å². The van der Waals surface area contributed by atoms with E-state index in [-0.39, 0.29) is 11.5 Å². The summed E-state index contributed by atoms with van der Waals surface area (Å²) in [7, 11) is 1.52. The minimum Gasteiger partial charge on any atom is -0.497 e. The largest absolute Gasteiger partial charge is 0.497 e. The Morgan fingerprint density at radius 3 is 2.50 bits per heavy atom. The number of hydrogen-bond acceptors (Lipinski definition) is 3. The summed E-state index contributed by atoms with van der Waals surface area (Å²) in [5, 5.41) is 12.0. The summed E-state index contributed by atoms with van der Waals surface area (Å²) in [5.41, 5.74) is 2.32. The molecule has 2 rings (SSSR count). The average molecular weight is 299 g/mol. The molecule has 0 saturated carbocycles. The van der Waals surface area contributed by atoms with E-state index in [0.29, 0.717) is 22.6 Å². The first-order valence-electron chi connectivity index (χ1n) is 6.72. The Hall–Kier alpha value is -2.82. The van der Waals surface area contributed by atoms with Gasteiger partial charge in [0, 0.05) is 5.56 Å². The lowest BCUT2D eigenvalue weighted by atomic mass is 10.0. The molecular weight excluding hydrogens is 282 g/mol. The Balaban J connectivity index is 2.37. The molecule has 5 heteroatoms. The second-order valence-electron chi connectivity index (χ2n) is 5.00. The van der Waals surface area contributed by atoms with Gasteiger partial charge in [0.25, 0.3) is 5.91 Å². The minimum atomic E-state index is -1.08. The van der Waals surface area contributed by atoms with Crippen molar-refractivity contribution in [2.75, 3.05) is 12.4 Å². The second kappa shape index (κ2) is 6.30. The van der Waals surface area contributed by atoms with Crippen molar-refractivity contribution in [2.24, 2.45) is 0 Å². The fourth-order valence-electron chi connectivity index (χ4n) is 2.25. The van der Waals surface area contributed by atoms with Gasteiger partial charge in [-0.15, -0.1) is 0 Å². The van der Waals surface area contributed by atoms with Gasteiger partial charge in [0.1, 0.15) is 5.75 Å². The summed E-state index contributed by atoms with van der Waals surface area (Å²) in [5.74, 6) is -0.896. The molecule has 22 heavy (non-hydrogen) atoms. The molecule has 0 aliphatic rings. The number of aromatic carboxylic acids is 1. The summed E-state index contributed by atoms with van der Waals surface area (Å²) in [6.45, 7) is 3.58. The van der Waals surface area contributed by atoms with Crippen molar-refractivity contribution in [3.05, 3.63) is 58.7 Å². The van der Waals surface area contributed by atoms with Crippen molar-refractivity contribution in [2.45, 2.75) is 13.8 Å². The highest BCUT2D eigenvalue weighted by molar-refractivity contribution is 6.08. The van der Waals surface area contributed by atoms with Crippen LogP contribution < -0.4 is 10.1 Å². The zero-order valence-electron chi connectivity index (χ0n) is 12.6. The molecule has 0 saturated heterocycles. The lowest BCUT2D eigenvalue weighted by molar-refractivity contribution is 0.0698. The predicted octanol–water partition coefficient (Wildman–Crippen LogP) is 3.26. The lowest BCUT2D eigenvalue weighted by Crippen LogP contribution is -2.16. The summed E-state index contributed by atoms with van der Waals surface area (Å²) in [6, 6.07) is 10.0. The summed E-state index contributed by atoms with van der Waals surface area (Å²) in [4.78, 5) is 23.7. The molecule has 0 aromatic heterocycles. The number of benzene rings is 2. The molecule has 0 aliphatic heterocycles. The third-order valence-electron chi connectivity index (χ3n) is 3.28. The number of carboxylic acids is 1. The number of nitrogens with one attached hydrogen (secondary N) is 1. The molecule has 2 aromatic rings. The van der Waals surface area contributed by atoms with E-state index in [1.807, 2.05) is 13.0 Å². The van der Waals surface area contributed by atoms with Gasteiger partial charge in [0.15, 0.2) is 0 Å². The maximum Gasteiger partial charge on any atom is 0.337 e. The van der Waals surface area contributed by atoms with Gasteiger partial charge < -0.3 is 15.2 Å². The van der Waals surface area contributed by atoms with Gasteiger partial charge in [0.05, 0.1) is 18.4 Å². The van der Waals surface area contributed by atoms with Gasteiger partial charge in [-0.1, -0.05) is 12.1 Å². The number of carbonyl (C=O) groups excluding carboxylic acids is 1. The quantitative estimate of drug-likeness (QED) is 0.908. The lowest BCUT2D eigenvalue weighted by Gasteiger charge is -2.13. The number of carboxylic acid groups (broad SMARTS) is 1. The van der Waals surface area contributed by atoms with E-state index in [1.165, 1.54) is 13.2 Å². The molecule has 0 heterocycles. The number of anilines is 1. The average Bonchev–Trinajstić information content (AvgIpc) is 2.49. The van der Waals surface area contributed by atoms with Gasteiger partial charge >= 0.3 is 5.97 Å². The highest BCUT2D eigenvalue weighted by Crippen LogP contribution is 2.24. The SMILES string of the molecule is COc1cccc(C(=O)Nc2c(C)cc(C)cc2C(=O)O)c1. The van der Waals surface area contributed by atoms with Crippen LogP contribution in [0.15, 0.2) is 36.4 Å². The summed E-state index contributed by atoms with van der Waals surface area (Å²) in [6.07, 6.45) is 0. The molecule has 0 spiro atoms. The van der Waals surface area contributed by atoms with Gasteiger partial charge in [-0.05, 0) is 49.2 Å². The number of ether oxygens (including phenoxy) is 1. The second-order valence-corrected chi connectivity index (χ2v) is 5.00. The van der Waals surface area contributed by atoms with Gasteiger partial charge in [-0.25, -0.2) is 4.79 Å². The first-order chi connectivity index (χ1) is 10.4. The third-order valence-corrected chi connectivity index (χ3v) is 3.28. The van der Waals surface area contributed by atoms with Crippen LogP contribution in [0.25, 0.3) is 0 Å². The predicted molar refractivity (Wildman–Crippen MR) is 83.8 cm³/mol.